The van der Waals surface area contributed by atoms with Gasteiger partial charge >= 0.3 is 6.03 Å². The molecule has 2 aliphatic heterocycles. The van der Waals surface area contributed by atoms with Gasteiger partial charge in [-0.05, 0) is 73.8 Å². The number of carbonyl (C=O) groups excluding carboxylic acids is 2. The molecule has 0 saturated carbocycles. The SMILES string of the molecule is Cc1ccc(N2C(=O)Nc3ccc(Br)cc3C2(O)C(=O)NCCCN2CCN(Cc3ccccc3)CC2)cc1C. The lowest BCUT2D eigenvalue weighted by molar-refractivity contribution is -0.140. The van der Waals surface area contributed by atoms with Gasteiger partial charge in [-0.15, -0.1) is 0 Å². The van der Waals surface area contributed by atoms with Crippen LogP contribution in [0.5, 0.6) is 0 Å². The number of anilines is 2. The highest BCUT2D eigenvalue weighted by atomic mass is 79.9. The summed E-state index contributed by atoms with van der Waals surface area (Å²) in [4.78, 5) is 33.0. The molecule has 2 heterocycles. The molecular weight excluding hydrogens is 570 g/mol. The molecule has 9 heteroatoms. The summed E-state index contributed by atoms with van der Waals surface area (Å²) in [5.41, 5.74) is 2.28. The van der Waals surface area contributed by atoms with E-state index in [1.54, 1.807) is 24.3 Å². The van der Waals surface area contributed by atoms with Crippen molar-refractivity contribution in [3.05, 3.63) is 93.5 Å². The lowest BCUT2D eigenvalue weighted by Gasteiger charge is -2.43. The Morgan fingerprint density at radius 2 is 1.70 bits per heavy atom. The van der Waals surface area contributed by atoms with Crippen molar-refractivity contribution in [3.63, 3.8) is 0 Å². The molecule has 3 aromatic carbocycles. The molecule has 1 unspecified atom stereocenters. The van der Waals surface area contributed by atoms with Crippen LogP contribution in [-0.2, 0) is 17.1 Å². The topological polar surface area (TPSA) is 88.2 Å². The zero-order chi connectivity index (χ0) is 28.3. The number of hydrogen-bond donors (Lipinski definition) is 3. The molecule has 8 nitrogen and oxygen atoms in total. The number of amides is 3. The predicted octanol–water partition coefficient (Wildman–Crippen LogP) is 4.59. The standard InChI is InChI=1S/C31H36BrN5O3/c1-22-9-11-26(19-23(22)2)37-30(39)34-28-12-10-25(32)20-27(28)31(37,40)29(38)33-13-6-14-35-15-17-36(18-16-35)21-24-7-4-3-5-8-24/h3-5,7-12,19-20,40H,6,13-18,21H2,1-2H3,(H,33,38)(H,34,39). The first-order valence-electron chi connectivity index (χ1n) is 13.7. The highest BCUT2D eigenvalue weighted by Crippen LogP contribution is 2.41. The first-order chi connectivity index (χ1) is 19.3. The minimum Gasteiger partial charge on any atom is -0.359 e. The number of nitrogens with zero attached hydrogens (tertiary/aromatic N) is 3. The third-order valence-electron chi connectivity index (χ3n) is 7.84. The number of aryl methyl sites for hydroxylation is 2. The number of nitrogens with one attached hydrogen (secondary N) is 2. The normalized spacial score (nSPS) is 19.7. The zero-order valence-electron chi connectivity index (χ0n) is 23.0. The van der Waals surface area contributed by atoms with Crippen LogP contribution in [0, 0.1) is 13.8 Å². The number of rotatable bonds is 8. The average molecular weight is 607 g/mol. The highest BCUT2D eigenvalue weighted by Gasteiger charge is 2.52. The first-order valence-corrected chi connectivity index (χ1v) is 14.5. The lowest BCUT2D eigenvalue weighted by Crippen LogP contribution is -2.62. The van der Waals surface area contributed by atoms with E-state index in [1.165, 1.54) is 5.56 Å². The number of carbonyl (C=O) groups is 2. The summed E-state index contributed by atoms with van der Waals surface area (Å²) >= 11 is 3.45. The number of urea groups is 1. The zero-order valence-corrected chi connectivity index (χ0v) is 24.6. The van der Waals surface area contributed by atoms with Crippen molar-refractivity contribution >= 4 is 39.2 Å². The molecule has 0 bridgehead atoms. The average Bonchev–Trinajstić information content (AvgIpc) is 2.95. The second-order valence-electron chi connectivity index (χ2n) is 10.6. The van der Waals surface area contributed by atoms with E-state index in [-0.39, 0.29) is 0 Å². The van der Waals surface area contributed by atoms with Crippen LogP contribution in [0.2, 0.25) is 0 Å². The van der Waals surface area contributed by atoms with Crippen molar-refractivity contribution in [1.82, 2.24) is 15.1 Å². The molecule has 210 valence electrons. The van der Waals surface area contributed by atoms with Crippen LogP contribution in [0.25, 0.3) is 0 Å². The van der Waals surface area contributed by atoms with Gasteiger partial charge in [0.15, 0.2) is 0 Å². The summed E-state index contributed by atoms with van der Waals surface area (Å²) in [5, 5.41) is 17.8. The fraction of sp³-hybridized carbons (Fsp3) is 0.355. The van der Waals surface area contributed by atoms with Crippen molar-refractivity contribution in [3.8, 4) is 0 Å². The fourth-order valence-corrected chi connectivity index (χ4v) is 5.75. The van der Waals surface area contributed by atoms with Gasteiger partial charge in [0.05, 0.1) is 5.69 Å². The quantitative estimate of drug-likeness (QED) is 0.327. The van der Waals surface area contributed by atoms with Gasteiger partial charge in [-0.3, -0.25) is 14.6 Å². The molecule has 5 rings (SSSR count). The van der Waals surface area contributed by atoms with Gasteiger partial charge in [-0.1, -0.05) is 52.3 Å². The van der Waals surface area contributed by atoms with Gasteiger partial charge < -0.3 is 20.6 Å². The van der Waals surface area contributed by atoms with Crippen molar-refractivity contribution in [2.45, 2.75) is 32.5 Å². The summed E-state index contributed by atoms with van der Waals surface area (Å²) in [7, 11) is 0. The Bertz CT molecular complexity index is 1380. The molecule has 0 aromatic heterocycles. The van der Waals surface area contributed by atoms with Crippen LogP contribution >= 0.6 is 15.9 Å². The molecule has 0 spiro atoms. The van der Waals surface area contributed by atoms with E-state index in [0.29, 0.717) is 28.0 Å². The van der Waals surface area contributed by atoms with E-state index in [1.807, 2.05) is 32.0 Å². The Balaban J connectivity index is 1.23. The monoisotopic (exact) mass is 605 g/mol. The minimum atomic E-state index is -2.22. The molecule has 40 heavy (non-hydrogen) atoms. The number of piperazine rings is 1. The predicted molar refractivity (Wildman–Crippen MR) is 161 cm³/mol. The van der Waals surface area contributed by atoms with Crippen LogP contribution in [-0.4, -0.2) is 66.1 Å². The maximum Gasteiger partial charge on any atom is 0.329 e. The van der Waals surface area contributed by atoms with E-state index in [0.717, 1.165) is 61.7 Å². The smallest absolute Gasteiger partial charge is 0.329 e. The van der Waals surface area contributed by atoms with Crippen molar-refractivity contribution in [2.24, 2.45) is 0 Å². The summed E-state index contributed by atoms with van der Waals surface area (Å²) in [5.74, 6) is -0.632. The summed E-state index contributed by atoms with van der Waals surface area (Å²) in [6.07, 6.45) is 0.738. The van der Waals surface area contributed by atoms with Gasteiger partial charge in [0.1, 0.15) is 0 Å². The molecule has 2 aliphatic rings. The van der Waals surface area contributed by atoms with Crippen LogP contribution < -0.4 is 15.5 Å². The Morgan fingerprint density at radius 3 is 2.42 bits per heavy atom. The van der Waals surface area contributed by atoms with Crippen molar-refractivity contribution < 1.29 is 14.7 Å². The fourth-order valence-electron chi connectivity index (χ4n) is 5.39. The Kier molecular flexibility index (Phi) is 8.56. The largest absolute Gasteiger partial charge is 0.359 e. The summed E-state index contributed by atoms with van der Waals surface area (Å²) < 4.78 is 0.695. The molecule has 3 N–H and O–H groups in total. The van der Waals surface area contributed by atoms with Gasteiger partial charge in [0.2, 0.25) is 0 Å². The molecular formula is C31H36BrN5O3. The first kappa shape index (κ1) is 28.3. The third-order valence-corrected chi connectivity index (χ3v) is 8.33. The number of fused-ring (bicyclic) bond motifs is 1. The van der Waals surface area contributed by atoms with Crippen LogP contribution in [0.1, 0.15) is 28.7 Å². The van der Waals surface area contributed by atoms with Gasteiger partial charge in [-0.2, -0.15) is 0 Å². The van der Waals surface area contributed by atoms with E-state index < -0.39 is 17.7 Å². The van der Waals surface area contributed by atoms with Gasteiger partial charge in [0, 0.05) is 55.0 Å². The second-order valence-corrected chi connectivity index (χ2v) is 11.5. The van der Waals surface area contributed by atoms with Crippen LogP contribution in [0.15, 0.2) is 71.2 Å². The number of halogens is 1. The van der Waals surface area contributed by atoms with Crippen molar-refractivity contribution in [2.75, 3.05) is 49.5 Å². The number of aliphatic hydroxyl groups is 1. The van der Waals surface area contributed by atoms with Gasteiger partial charge in [-0.25, -0.2) is 4.79 Å². The second kappa shape index (κ2) is 12.1. The van der Waals surface area contributed by atoms with Gasteiger partial charge in [0.25, 0.3) is 11.6 Å². The number of hydrogen-bond acceptors (Lipinski definition) is 5. The number of benzene rings is 3. The van der Waals surface area contributed by atoms with E-state index in [4.69, 9.17) is 0 Å². The van der Waals surface area contributed by atoms with Crippen molar-refractivity contribution in [1.29, 1.82) is 0 Å². The Labute approximate surface area is 244 Å². The molecule has 1 atom stereocenters. The molecule has 1 saturated heterocycles. The third kappa shape index (κ3) is 5.93. The molecule has 3 aromatic rings. The van der Waals surface area contributed by atoms with Crippen LogP contribution in [0.3, 0.4) is 0 Å². The highest BCUT2D eigenvalue weighted by molar-refractivity contribution is 9.10. The summed E-state index contributed by atoms with van der Waals surface area (Å²) in [6.45, 7) is 10.1. The Hall–Kier alpha value is -3.24. The van der Waals surface area contributed by atoms with E-state index in [2.05, 4.69) is 60.6 Å². The lowest BCUT2D eigenvalue weighted by atomic mass is 9.94. The molecule has 0 aliphatic carbocycles. The van der Waals surface area contributed by atoms with E-state index >= 15 is 0 Å². The van der Waals surface area contributed by atoms with E-state index in [9.17, 15) is 14.7 Å². The Morgan fingerprint density at radius 1 is 0.975 bits per heavy atom. The minimum absolute atomic E-state index is 0.312. The molecule has 1 fully saturated rings. The maximum atomic E-state index is 13.7. The maximum absolute atomic E-state index is 13.7. The molecule has 0 radical (unpaired) electrons. The van der Waals surface area contributed by atoms with Crippen LogP contribution in [0.4, 0.5) is 16.2 Å². The molecule has 3 amide bonds. The summed E-state index contributed by atoms with van der Waals surface area (Å²) in [6, 6.07) is 20.5.